The molecule has 0 saturated carbocycles. The number of benzene rings is 2. The summed E-state index contributed by atoms with van der Waals surface area (Å²) in [5, 5.41) is 0.278. The van der Waals surface area contributed by atoms with E-state index in [9.17, 15) is 14.0 Å². The zero-order chi connectivity index (χ0) is 22.8. The van der Waals surface area contributed by atoms with Crippen molar-refractivity contribution in [3.05, 3.63) is 81.7 Å². The number of nitrogens with zero attached hydrogens (tertiary/aromatic N) is 1. The molecule has 2 aromatic carbocycles. The molecule has 1 saturated heterocycles. The third kappa shape index (κ3) is 4.48. The van der Waals surface area contributed by atoms with Crippen molar-refractivity contribution < 1.29 is 23.1 Å². The van der Waals surface area contributed by atoms with Crippen molar-refractivity contribution in [1.82, 2.24) is 0 Å². The highest BCUT2D eigenvalue weighted by Crippen LogP contribution is 2.37. The van der Waals surface area contributed by atoms with Crippen LogP contribution in [0.1, 0.15) is 23.0 Å². The van der Waals surface area contributed by atoms with E-state index >= 15 is 0 Å². The van der Waals surface area contributed by atoms with Gasteiger partial charge in [-0.3, -0.25) is 9.69 Å². The van der Waals surface area contributed by atoms with E-state index < -0.39 is 11.8 Å². The lowest BCUT2D eigenvalue weighted by Crippen LogP contribution is -2.27. The van der Waals surface area contributed by atoms with Crippen molar-refractivity contribution in [3.8, 4) is 11.3 Å². The van der Waals surface area contributed by atoms with Crippen LogP contribution in [0, 0.1) is 5.82 Å². The summed E-state index contributed by atoms with van der Waals surface area (Å²) < 4.78 is 24.8. The second-order valence-corrected chi connectivity index (χ2v) is 8.70. The maximum atomic E-state index is 13.6. The number of rotatable bonds is 5. The van der Waals surface area contributed by atoms with Crippen LogP contribution in [0.15, 0.2) is 63.9 Å². The van der Waals surface area contributed by atoms with Crippen molar-refractivity contribution in [2.24, 2.45) is 0 Å². The van der Waals surface area contributed by atoms with Crippen molar-refractivity contribution >= 4 is 63.5 Å². The molecular weight excluding hydrogens is 473 g/mol. The smallest absolute Gasteiger partial charge is 0.339 e. The zero-order valence-electron chi connectivity index (χ0n) is 16.6. The van der Waals surface area contributed by atoms with Gasteiger partial charge in [0, 0.05) is 11.6 Å². The molecule has 0 atom stereocenters. The maximum Gasteiger partial charge on any atom is 0.339 e. The average molecular weight is 488 g/mol. The summed E-state index contributed by atoms with van der Waals surface area (Å²) in [5.41, 5.74) is 1.23. The topological polar surface area (TPSA) is 59.8 Å². The van der Waals surface area contributed by atoms with Gasteiger partial charge >= 0.3 is 5.97 Å². The monoisotopic (exact) mass is 487 g/mol. The Morgan fingerprint density at radius 2 is 2.06 bits per heavy atom. The largest absolute Gasteiger partial charge is 0.462 e. The second kappa shape index (κ2) is 9.28. The number of esters is 1. The molecule has 0 spiro atoms. The zero-order valence-corrected chi connectivity index (χ0v) is 19.0. The number of thioether (sulfide) groups is 1. The quantitative estimate of drug-likeness (QED) is 0.238. The molecule has 1 fully saturated rings. The highest BCUT2D eigenvalue weighted by molar-refractivity contribution is 8.27. The Kier molecular flexibility index (Phi) is 6.45. The molecule has 0 bridgehead atoms. The Labute approximate surface area is 197 Å². The van der Waals surface area contributed by atoms with Crippen LogP contribution in [0.25, 0.3) is 17.4 Å². The molecule has 162 valence electrons. The minimum Gasteiger partial charge on any atom is -0.462 e. The predicted molar refractivity (Wildman–Crippen MR) is 127 cm³/mol. The number of ether oxygens (including phenoxy) is 1. The lowest BCUT2D eigenvalue weighted by atomic mass is 10.1. The van der Waals surface area contributed by atoms with Crippen molar-refractivity contribution in [2.75, 3.05) is 11.5 Å². The first kappa shape index (κ1) is 22.3. The SMILES string of the molecule is CCOC(=O)c1cc(-c2ccc(/C=C3\SC(=S)N(c4cccc(F)c4)C3=O)o2)ccc1Cl. The predicted octanol–water partition coefficient (Wildman–Crippen LogP) is 6.32. The Balaban J connectivity index is 1.60. The van der Waals surface area contributed by atoms with Gasteiger partial charge in [-0.2, -0.15) is 0 Å². The van der Waals surface area contributed by atoms with Crippen LogP contribution in [0.3, 0.4) is 0 Å². The Morgan fingerprint density at radius 1 is 1.25 bits per heavy atom. The molecule has 5 nitrogen and oxygen atoms in total. The lowest BCUT2D eigenvalue weighted by Gasteiger charge is -2.14. The van der Waals surface area contributed by atoms with Gasteiger partial charge in [0.25, 0.3) is 5.91 Å². The van der Waals surface area contributed by atoms with E-state index in [-0.39, 0.29) is 23.1 Å². The summed E-state index contributed by atoms with van der Waals surface area (Å²) in [5.74, 6) is -0.431. The van der Waals surface area contributed by atoms with E-state index in [2.05, 4.69) is 0 Å². The fraction of sp³-hybridized carbons (Fsp3) is 0.0870. The number of thiocarbonyl (C=S) groups is 1. The molecule has 9 heteroatoms. The molecule has 0 N–H and O–H groups in total. The number of furan rings is 1. The number of halogens is 2. The van der Waals surface area contributed by atoms with Crippen LogP contribution < -0.4 is 4.90 Å². The van der Waals surface area contributed by atoms with E-state index in [0.717, 1.165) is 11.8 Å². The summed E-state index contributed by atoms with van der Waals surface area (Å²) in [6, 6.07) is 14.0. The van der Waals surface area contributed by atoms with Gasteiger partial charge in [0.15, 0.2) is 4.32 Å². The second-order valence-electron chi connectivity index (χ2n) is 6.61. The van der Waals surface area contributed by atoms with Gasteiger partial charge < -0.3 is 9.15 Å². The minimum atomic E-state index is -0.521. The van der Waals surface area contributed by atoms with Gasteiger partial charge in [0.05, 0.1) is 27.8 Å². The first-order chi connectivity index (χ1) is 15.4. The van der Waals surface area contributed by atoms with Crippen LogP contribution >= 0.6 is 35.6 Å². The highest BCUT2D eigenvalue weighted by Gasteiger charge is 2.33. The molecule has 0 aliphatic carbocycles. The molecule has 2 heterocycles. The minimum absolute atomic E-state index is 0.234. The molecule has 32 heavy (non-hydrogen) atoms. The molecule has 0 unspecified atom stereocenters. The molecule has 3 aromatic rings. The summed E-state index contributed by atoms with van der Waals surface area (Å²) in [4.78, 5) is 26.6. The van der Waals surface area contributed by atoms with Crippen LogP contribution in [0.2, 0.25) is 5.02 Å². The molecule has 0 radical (unpaired) electrons. The fourth-order valence-electron chi connectivity index (χ4n) is 3.06. The summed E-state index contributed by atoms with van der Waals surface area (Å²) >= 11 is 12.5. The molecule has 4 rings (SSSR count). The van der Waals surface area contributed by atoms with Gasteiger partial charge in [-0.15, -0.1) is 0 Å². The summed E-state index contributed by atoms with van der Waals surface area (Å²) in [7, 11) is 0. The first-order valence-electron chi connectivity index (χ1n) is 9.47. The van der Waals surface area contributed by atoms with E-state index in [1.54, 1.807) is 49.4 Å². The molecule has 1 aliphatic rings. The lowest BCUT2D eigenvalue weighted by molar-refractivity contribution is -0.113. The highest BCUT2D eigenvalue weighted by atomic mass is 35.5. The average Bonchev–Trinajstić information content (AvgIpc) is 3.33. The van der Waals surface area contributed by atoms with Crippen LogP contribution in [-0.2, 0) is 9.53 Å². The first-order valence-corrected chi connectivity index (χ1v) is 11.1. The summed E-state index contributed by atoms with van der Waals surface area (Å²) in [6.45, 7) is 1.95. The van der Waals surface area contributed by atoms with E-state index in [0.29, 0.717) is 32.0 Å². The number of carbonyl (C=O) groups is 2. The van der Waals surface area contributed by atoms with Crippen LogP contribution in [-0.4, -0.2) is 22.8 Å². The number of carbonyl (C=O) groups excluding carboxylic acids is 2. The normalized spacial score (nSPS) is 15.0. The standard InChI is InChI=1S/C23H15ClFNO4S2/c1-2-29-22(28)17-10-13(6-8-18(17)24)19-9-7-16(30-19)12-20-21(27)26(23(31)32-20)15-5-3-4-14(25)11-15/h3-12H,2H2,1H3/b20-12-. The Hall–Kier alpha value is -2.94. The van der Waals surface area contributed by atoms with Gasteiger partial charge in [-0.25, -0.2) is 9.18 Å². The van der Waals surface area contributed by atoms with Gasteiger partial charge in [-0.05, 0) is 55.5 Å². The van der Waals surface area contributed by atoms with E-state index in [1.165, 1.54) is 23.1 Å². The number of hydrogen-bond acceptors (Lipinski definition) is 6. The number of anilines is 1. The van der Waals surface area contributed by atoms with Crippen molar-refractivity contribution in [1.29, 1.82) is 0 Å². The summed E-state index contributed by atoms with van der Waals surface area (Å²) in [6.07, 6.45) is 1.57. The van der Waals surface area contributed by atoms with Crippen molar-refractivity contribution in [2.45, 2.75) is 6.92 Å². The number of amides is 1. The van der Waals surface area contributed by atoms with Gasteiger partial charge in [0.2, 0.25) is 0 Å². The fourth-order valence-corrected chi connectivity index (χ4v) is 4.54. The molecular formula is C23H15ClFNO4S2. The Bertz CT molecular complexity index is 1270. The van der Waals surface area contributed by atoms with Crippen LogP contribution in [0.4, 0.5) is 10.1 Å². The Morgan fingerprint density at radius 3 is 2.81 bits per heavy atom. The van der Waals surface area contributed by atoms with Crippen molar-refractivity contribution in [3.63, 3.8) is 0 Å². The van der Waals surface area contributed by atoms with Gasteiger partial charge in [-0.1, -0.05) is 41.6 Å². The third-order valence-electron chi connectivity index (χ3n) is 4.51. The number of hydrogen-bond donors (Lipinski definition) is 0. The molecule has 1 amide bonds. The van der Waals surface area contributed by atoms with E-state index in [4.69, 9.17) is 33.0 Å². The molecule has 1 aliphatic heterocycles. The van der Waals surface area contributed by atoms with Gasteiger partial charge in [0.1, 0.15) is 17.3 Å². The van der Waals surface area contributed by atoms with E-state index in [1.807, 2.05) is 0 Å². The molecule has 1 aromatic heterocycles. The maximum absolute atomic E-state index is 13.6. The van der Waals surface area contributed by atoms with Crippen LogP contribution in [0.5, 0.6) is 0 Å². The third-order valence-corrected chi connectivity index (χ3v) is 6.14.